The molecule has 0 unspecified atom stereocenters. The van der Waals surface area contributed by atoms with Gasteiger partial charge in [0.15, 0.2) is 0 Å². The summed E-state index contributed by atoms with van der Waals surface area (Å²) in [6.45, 7) is 0.849. The summed E-state index contributed by atoms with van der Waals surface area (Å²) in [5.41, 5.74) is 8.39. The first-order valence-corrected chi connectivity index (χ1v) is 6.27. The first-order chi connectivity index (χ1) is 9.74. The minimum absolute atomic E-state index is 0.253. The fourth-order valence-electron chi connectivity index (χ4n) is 1.79. The van der Waals surface area contributed by atoms with E-state index in [2.05, 4.69) is 10.3 Å². The van der Waals surface area contributed by atoms with Crippen LogP contribution in [0.5, 0.6) is 0 Å². The maximum absolute atomic E-state index is 12.1. The molecule has 5 heteroatoms. The Morgan fingerprint density at radius 3 is 2.75 bits per heavy atom. The molecule has 3 N–H and O–H groups in total. The molecule has 0 bridgehead atoms. The van der Waals surface area contributed by atoms with E-state index in [1.807, 2.05) is 24.3 Å². The number of amides is 1. The molecule has 20 heavy (non-hydrogen) atoms. The predicted molar refractivity (Wildman–Crippen MR) is 77.2 cm³/mol. The molecule has 0 saturated carbocycles. The van der Waals surface area contributed by atoms with E-state index in [-0.39, 0.29) is 5.91 Å². The van der Waals surface area contributed by atoms with Gasteiger partial charge in [-0.1, -0.05) is 24.3 Å². The Bertz CT molecular complexity index is 582. The number of hydrogen-bond acceptors (Lipinski definition) is 4. The zero-order valence-corrected chi connectivity index (χ0v) is 11.3. The second kappa shape index (κ2) is 6.79. The van der Waals surface area contributed by atoms with Crippen LogP contribution < -0.4 is 11.1 Å². The van der Waals surface area contributed by atoms with Crippen LogP contribution in [0.25, 0.3) is 0 Å². The van der Waals surface area contributed by atoms with Gasteiger partial charge in [-0.15, -0.1) is 0 Å². The zero-order chi connectivity index (χ0) is 14.4. The van der Waals surface area contributed by atoms with E-state index in [4.69, 9.17) is 10.5 Å². The molecule has 0 saturated heterocycles. The normalized spacial score (nSPS) is 10.3. The number of anilines is 1. The second-order valence-corrected chi connectivity index (χ2v) is 4.30. The smallest absolute Gasteiger partial charge is 0.274 e. The summed E-state index contributed by atoms with van der Waals surface area (Å²) in [5, 5.41) is 2.84. The van der Waals surface area contributed by atoms with E-state index in [9.17, 15) is 4.79 Å². The summed E-state index contributed by atoms with van der Waals surface area (Å²) in [6.07, 6.45) is 1.61. The van der Waals surface area contributed by atoms with E-state index in [1.165, 1.54) is 0 Å². The summed E-state index contributed by atoms with van der Waals surface area (Å²) >= 11 is 0. The standard InChI is InChI=1S/C15H17N3O2/c1-20-10-12-4-2-3-5-13(12)18-15(19)14-7-6-11(8-16)9-17-14/h2-7,9H,8,10,16H2,1H3,(H,18,19). The van der Waals surface area contributed by atoms with Gasteiger partial charge in [0.05, 0.1) is 6.61 Å². The fourth-order valence-corrected chi connectivity index (χ4v) is 1.79. The summed E-state index contributed by atoms with van der Waals surface area (Å²) in [5.74, 6) is -0.253. The monoisotopic (exact) mass is 271 g/mol. The molecule has 0 aliphatic carbocycles. The molecule has 1 aromatic heterocycles. The van der Waals surface area contributed by atoms with Crippen molar-refractivity contribution < 1.29 is 9.53 Å². The number of carbonyl (C=O) groups excluding carboxylic acids is 1. The molecule has 104 valence electrons. The van der Waals surface area contributed by atoms with Crippen LogP contribution in [0.1, 0.15) is 21.6 Å². The summed E-state index contributed by atoms with van der Waals surface area (Å²) in [4.78, 5) is 16.2. The van der Waals surface area contributed by atoms with Crippen LogP contribution in [0.4, 0.5) is 5.69 Å². The molecular weight excluding hydrogens is 254 g/mol. The minimum atomic E-state index is -0.253. The molecule has 0 radical (unpaired) electrons. The number of rotatable bonds is 5. The van der Waals surface area contributed by atoms with Gasteiger partial charge in [0.25, 0.3) is 5.91 Å². The number of methoxy groups -OCH3 is 1. The maximum atomic E-state index is 12.1. The first-order valence-electron chi connectivity index (χ1n) is 6.27. The number of nitrogens with one attached hydrogen (secondary N) is 1. The average molecular weight is 271 g/mol. The Morgan fingerprint density at radius 1 is 1.30 bits per heavy atom. The molecule has 5 nitrogen and oxygen atoms in total. The van der Waals surface area contributed by atoms with E-state index in [1.54, 1.807) is 25.4 Å². The Labute approximate surface area is 117 Å². The largest absolute Gasteiger partial charge is 0.380 e. The molecule has 1 heterocycles. The molecule has 1 amide bonds. The molecule has 0 spiro atoms. The number of ether oxygens (including phenoxy) is 1. The van der Waals surface area contributed by atoms with E-state index in [0.29, 0.717) is 18.8 Å². The molecule has 2 rings (SSSR count). The van der Waals surface area contributed by atoms with Gasteiger partial charge in [-0.2, -0.15) is 0 Å². The van der Waals surface area contributed by atoms with E-state index >= 15 is 0 Å². The van der Waals surface area contributed by atoms with Gasteiger partial charge in [-0.25, -0.2) is 0 Å². The maximum Gasteiger partial charge on any atom is 0.274 e. The van der Waals surface area contributed by atoms with E-state index < -0.39 is 0 Å². The van der Waals surface area contributed by atoms with Gasteiger partial charge in [0.1, 0.15) is 5.69 Å². The molecule has 1 aromatic carbocycles. The SMILES string of the molecule is COCc1ccccc1NC(=O)c1ccc(CN)cn1. The van der Waals surface area contributed by atoms with Crippen molar-refractivity contribution in [1.82, 2.24) is 4.98 Å². The Morgan fingerprint density at radius 2 is 2.10 bits per heavy atom. The van der Waals surface area contributed by atoms with Crippen LogP contribution >= 0.6 is 0 Å². The van der Waals surface area contributed by atoms with Gasteiger partial charge >= 0.3 is 0 Å². The number of benzene rings is 1. The molecular formula is C15H17N3O2. The number of nitrogens with zero attached hydrogens (tertiary/aromatic N) is 1. The topological polar surface area (TPSA) is 77.2 Å². The van der Waals surface area contributed by atoms with Gasteiger partial charge in [-0.3, -0.25) is 9.78 Å². The first kappa shape index (κ1) is 14.2. The van der Waals surface area contributed by atoms with Gasteiger partial charge < -0.3 is 15.8 Å². The Kier molecular flexibility index (Phi) is 4.81. The van der Waals surface area contributed by atoms with E-state index in [0.717, 1.165) is 16.8 Å². The highest BCUT2D eigenvalue weighted by atomic mass is 16.5. The Hall–Kier alpha value is -2.24. The predicted octanol–water partition coefficient (Wildman–Crippen LogP) is 1.94. The zero-order valence-electron chi connectivity index (χ0n) is 11.3. The van der Waals surface area contributed by atoms with Crippen molar-refractivity contribution >= 4 is 11.6 Å². The quantitative estimate of drug-likeness (QED) is 0.871. The number of aromatic nitrogens is 1. The average Bonchev–Trinajstić information content (AvgIpc) is 2.49. The van der Waals surface area contributed by atoms with Crippen LogP contribution in [-0.2, 0) is 17.9 Å². The fraction of sp³-hybridized carbons (Fsp3) is 0.200. The number of pyridine rings is 1. The van der Waals surface area contributed by atoms with Crippen molar-refractivity contribution in [2.45, 2.75) is 13.2 Å². The van der Waals surface area contributed by atoms with Crippen LogP contribution in [0.3, 0.4) is 0 Å². The molecule has 0 aliphatic rings. The number of para-hydroxylation sites is 1. The number of nitrogens with two attached hydrogens (primary N) is 1. The van der Waals surface area contributed by atoms with Crippen LogP contribution in [0.15, 0.2) is 42.6 Å². The molecule has 0 aliphatic heterocycles. The Balaban J connectivity index is 2.14. The third-order valence-corrected chi connectivity index (χ3v) is 2.86. The van der Waals surface area contributed by atoms with Crippen LogP contribution in [0, 0.1) is 0 Å². The second-order valence-electron chi connectivity index (χ2n) is 4.30. The highest BCUT2D eigenvalue weighted by Gasteiger charge is 2.09. The third-order valence-electron chi connectivity index (χ3n) is 2.86. The van der Waals surface area contributed by atoms with Crippen molar-refractivity contribution in [3.63, 3.8) is 0 Å². The third kappa shape index (κ3) is 3.40. The van der Waals surface area contributed by atoms with Gasteiger partial charge in [-0.05, 0) is 17.7 Å². The molecule has 2 aromatic rings. The minimum Gasteiger partial charge on any atom is -0.380 e. The van der Waals surface area contributed by atoms with Crippen molar-refractivity contribution in [2.24, 2.45) is 5.73 Å². The van der Waals surface area contributed by atoms with Crippen molar-refractivity contribution in [2.75, 3.05) is 12.4 Å². The highest BCUT2D eigenvalue weighted by Crippen LogP contribution is 2.16. The lowest BCUT2D eigenvalue weighted by molar-refractivity contribution is 0.102. The highest BCUT2D eigenvalue weighted by molar-refractivity contribution is 6.03. The summed E-state index contributed by atoms with van der Waals surface area (Å²) in [7, 11) is 1.62. The summed E-state index contributed by atoms with van der Waals surface area (Å²) in [6, 6.07) is 11.0. The number of hydrogen-bond donors (Lipinski definition) is 2. The van der Waals surface area contributed by atoms with Crippen LogP contribution in [-0.4, -0.2) is 18.0 Å². The lowest BCUT2D eigenvalue weighted by atomic mass is 10.2. The molecule has 0 atom stereocenters. The van der Waals surface area contributed by atoms with Gasteiger partial charge in [0, 0.05) is 31.1 Å². The lowest BCUT2D eigenvalue weighted by Gasteiger charge is -2.10. The lowest BCUT2D eigenvalue weighted by Crippen LogP contribution is -2.15. The summed E-state index contributed by atoms with van der Waals surface area (Å²) < 4.78 is 5.11. The van der Waals surface area contributed by atoms with Gasteiger partial charge in [0.2, 0.25) is 0 Å². The van der Waals surface area contributed by atoms with Crippen molar-refractivity contribution in [3.05, 3.63) is 59.4 Å². The number of carbonyl (C=O) groups is 1. The van der Waals surface area contributed by atoms with Crippen LogP contribution in [0.2, 0.25) is 0 Å². The molecule has 0 fully saturated rings. The van der Waals surface area contributed by atoms with Crippen molar-refractivity contribution in [1.29, 1.82) is 0 Å². The van der Waals surface area contributed by atoms with Crippen molar-refractivity contribution in [3.8, 4) is 0 Å².